The Bertz CT molecular complexity index is 6.04. The molecule has 0 heterocycles. The summed E-state index contributed by atoms with van der Waals surface area (Å²) in [5.41, 5.74) is 0. The van der Waals surface area contributed by atoms with Crippen LogP contribution >= 0.6 is 0 Å². The molecule has 0 rings (SSSR count). The molecule has 0 aromatic carbocycles. The maximum absolute atomic E-state index is 4.00. The van der Waals surface area contributed by atoms with Gasteiger partial charge in [-0.3, -0.25) is 23.4 Å². The molecule has 7 heavy (non-hydrogen) atoms. The summed E-state index contributed by atoms with van der Waals surface area (Å²) in [5, 5.41) is 2.75. The summed E-state index contributed by atoms with van der Waals surface area (Å²) < 4.78 is 0. The van der Waals surface area contributed by atoms with E-state index < -0.39 is 0 Å². The Kier molecular flexibility index (Phi) is 473. The molecule has 0 amide bonds. The molecule has 0 aromatic heterocycles. The summed E-state index contributed by atoms with van der Waals surface area (Å²) in [4.78, 5) is 0. The van der Waals surface area contributed by atoms with Gasteiger partial charge in [-0.1, -0.05) is 0 Å². The van der Waals surface area contributed by atoms with Crippen molar-refractivity contribution in [3.63, 3.8) is 0 Å². The van der Waals surface area contributed by atoms with Crippen LogP contribution in [0.15, 0.2) is 0 Å². The molecule has 0 aromatic rings. The van der Waals surface area contributed by atoms with E-state index in [0.717, 1.165) is 0 Å². The first kappa shape index (κ1) is 15.8. The molecule has 0 saturated carbocycles. The summed E-state index contributed by atoms with van der Waals surface area (Å²) in [5.74, 6) is 16.0. The lowest BCUT2D eigenvalue weighted by Crippen LogP contribution is -2.02. The van der Waals surface area contributed by atoms with Crippen LogP contribution in [0.1, 0.15) is 0 Å². The van der Waals surface area contributed by atoms with E-state index in [1.54, 1.807) is 0 Å². The van der Waals surface area contributed by atoms with Crippen LogP contribution in [0, 0.1) is 0 Å². The Morgan fingerprint density at radius 3 is 0.857 bits per heavy atom. The minimum atomic E-state index is 1.88. The average Bonchev–Trinajstić information content (AvgIpc) is 1.78. The Morgan fingerprint density at radius 1 is 0.857 bits per heavy atom. The molecule has 48 valence electrons. The zero-order valence-corrected chi connectivity index (χ0v) is 4.81. The average molecular weight is 109 g/mol. The Hall–Kier alpha value is -0.200. The van der Waals surface area contributed by atoms with Gasteiger partial charge in [0.15, 0.2) is 0 Å². The number of rotatable bonds is 0. The highest BCUT2D eigenvalue weighted by Gasteiger charge is 1.25. The van der Waals surface area contributed by atoms with Crippen molar-refractivity contribution in [1.29, 1.82) is 0 Å². The highest BCUT2D eigenvalue weighted by atomic mass is 15.0. The van der Waals surface area contributed by atoms with E-state index in [1.807, 2.05) is 14.1 Å². The lowest BCUT2D eigenvalue weighted by Gasteiger charge is -1.59. The van der Waals surface area contributed by atoms with Crippen molar-refractivity contribution in [2.45, 2.75) is 0 Å². The van der Waals surface area contributed by atoms with Crippen molar-refractivity contribution in [3.05, 3.63) is 0 Å². The fraction of sp³-hybridized carbons (Fsp3) is 1.00. The van der Waals surface area contributed by atoms with Crippen LogP contribution < -0.4 is 28.7 Å². The first-order valence-corrected chi connectivity index (χ1v) is 1.67. The molecule has 0 bridgehead atoms. The first-order chi connectivity index (χ1) is 3.41. The lowest BCUT2D eigenvalue weighted by atomic mass is 11.3. The van der Waals surface area contributed by atoms with E-state index in [4.69, 9.17) is 0 Å². The molecule has 0 radical (unpaired) electrons. The van der Waals surface area contributed by atoms with Gasteiger partial charge < -0.3 is 5.32 Å². The predicted molar refractivity (Wildman–Crippen MR) is 31.7 cm³/mol. The number of nitrogens with two attached hydrogens (primary N) is 4. The predicted octanol–water partition coefficient (Wildman–Crippen LogP) is -2.53. The van der Waals surface area contributed by atoms with E-state index in [1.165, 1.54) is 0 Å². The Balaban J connectivity index is -0.0000000360. The number of hydrogen-bond donors (Lipinski definition) is 5. The van der Waals surface area contributed by atoms with Crippen molar-refractivity contribution in [1.82, 2.24) is 5.32 Å². The van der Waals surface area contributed by atoms with Gasteiger partial charge in [0.25, 0.3) is 0 Å². The van der Waals surface area contributed by atoms with Gasteiger partial charge in [-0.25, -0.2) is 0 Å². The molecular weight excluding hydrogens is 94.1 g/mol. The van der Waals surface area contributed by atoms with Gasteiger partial charge >= 0.3 is 0 Å². The summed E-state index contributed by atoms with van der Waals surface area (Å²) in [6.45, 7) is 0. The normalized spacial score (nSPS) is 4.29. The van der Waals surface area contributed by atoms with Crippen molar-refractivity contribution in [3.8, 4) is 0 Å². The maximum Gasteiger partial charge on any atom is -0.0167 e. The quantitative estimate of drug-likeness (QED) is 0.174. The SMILES string of the molecule is CNC.NN.NN. The zero-order chi connectivity index (χ0) is 6.71. The van der Waals surface area contributed by atoms with Crippen LogP contribution in [0.2, 0.25) is 0 Å². The van der Waals surface area contributed by atoms with Gasteiger partial charge in [0.1, 0.15) is 0 Å². The molecule has 5 nitrogen and oxygen atoms in total. The number of hydrogen-bond acceptors (Lipinski definition) is 5. The van der Waals surface area contributed by atoms with Gasteiger partial charge in [0.05, 0.1) is 0 Å². The van der Waals surface area contributed by atoms with Crippen molar-refractivity contribution < 1.29 is 0 Å². The molecule has 0 atom stereocenters. The third kappa shape index (κ3) is 2090. The topological polar surface area (TPSA) is 116 Å². The molecule has 0 saturated heterocycles. The molecule has 0 unspecified atom stereocenters. The van der Waals surface area contributed by atoms with E-state index in [-0.39, 0.29) is 0 Å². The Morgan fingerprint density at radius 2 is 0.857 bits per heavy atom. The van der Waals surface area contributed by atoms with E-state index in [0.29, 0.717) is 0 Å². The highest BCUT2D eigenvalue weighted by Crippen LogP contribution is 0.981. The van der Waals surface area contributed by atoms with Crippen molar-refractivity contribution in [2.24, 2.45) is 23.4 Å². The van der Waals surface area contributed by atoms with Gasteiger partial charge in [-0.2, -0.15) is 0 Å². The van der Waals surface area contributed by atoms with Crippen molar-refractivity contribution in [2.75, 3.05) is 14.1 Å². The standard InChI is InChI=1S/C2H7N.2H4N2/c1-3-2;2*1-2/h3H,1-2H3;2*1-2H2. The molecule has 0 aliphatic rings. The second-order valence-corrected chi connectivity index (χ2v) is 0.500. The summed E-state index contributed by atoms with van der Waals surface area (Å²) >= 11 is 0. The smallest absolute Gasteiger partial charge is 0.0167 e. The lowest BCUT2D eigenvalue weighted by molar-refractivity contribution is 1.02. The van der Waals surface area contributed by atoms with Gasteiger partial charge in [-0.05, 0) is 14.1 Å². The van der Waals surface area contributed by atoms with Gasteiger partial charge in [0, 0.05) is 0 Å². The van der Waals surface area contributed by atoms with Gasteiger partial charge in [-0.15, -0.1) is 0 Å². The second kappa shape index (κ2) is 209. The number of hydrazine groups is 2. The molecular formula is C2H15N5. The molecule has 0 spiro atoms. The molecule has 0 fully saturated rings. The summed E-state index contributed by atoms with van der Waals surface area (Å²) in [7, 11) is 3.75. The van der Waals surface area contributed by atoms with Gasteiger partial charge in [0.2, 0.25) is 0 Å². The highest BCUT2D eigenvalue weighted by molar-refractivity contribution is 3.91. The molecule has 5 heteroatoms. The van der Waals surface area contributed by atoms with Crippen molar-refractivity contribution >= 4 is 0 Å². The van der Waals surface area contributed by atoms with Crippen LogP contribution in [0.25, 0.3) is 0 Å². The zero-order valence-electron chi connectivity index (χ0n) is 4.81. The van der Waals surface area contributed by atoms with Crippen LogP contribution in [0.3, 0.4) is 0 Å². The monoisotopic (exact) mass is 109 g/mol. The van der Waals surface area contributed by atoms with Crippen LogP contribution in [-0.2, 0) is 0 Å². The second-order valence-electron chi connectivity index (χ2n) is 0.500. The summed E-state index contributed by atoms with van der Waals surface area (Å²) in [6, 6.07) is 0. The fourth-order valence-electron chi connectivity index (χ4n) is 0. The summed E-state index contributed by atoms with van der Waals surface area (Å²) in [6.07, 6.45) is 0. The number of nitrogens with one attached hydrogen (secondary N) is 1. The van der Waals surface area contributed by atoms with Crippen LogP contribution in [0.5, 0.6) is 0 Å². The minimum absolute atomic E-state index is 1.88. The molecule has 9 N–H and O–H groups in total. The minimum Gasteiger partial charge on any atom is -0.323 e. The molecule has 0 aliphatic heterocycles. The third-order valence-electron chi connectivity index (χ3n) is 0. The van der Waals surface area contributed by atoms with E-state index in [9.17, 15) is 0 Å². The van der Waals surface area contributed by atoms with E-state index in [2.05, 4.69) is 28.7 Å². The van der Waals surface area contributed by atoms with Crippen LogP contribution in [-0.4, -0.2) is 14.1 Å². The Labute approximate surface area is 44.0 Å². The van der Waals surface area contributed by atoms with Crippen LogP contribution in [0.4, 0.5) is 0 Å². The third-order valence-corrected chi connectivity index (χ3v) is 0. The molecule has 0 aliphatic carbocycles. The van der Waals surface area contributed by atoms with E-state index >= 15 is 0 Å². The fourth-order valence-corrected chi connectivity index (χ4v) is 0. The maximum atomic E-state index is 4.00. The first-order valence-electron chi connectivity index (χ1n) is 1.67. The largest absolute Gasteiger partial charge is 0.323 e.